The van der Waals surface area contributed by atoms with Crippen LogP contribution in [-0.2, 0) is 19.9 Å². The largest absolute Gasteiger partial charge is 0.405 e. The van der Waals surface area contributed by atoms with E-state index >= 15 is 0 Å². The number of nitrogens with one attached hydrogen (secondary N) is 3. The summed E-state index contributed by atoms with van der Waals surface area (Å²) in [6, 6.07) is 6.86. The average molecular weight is 478 g/mol. The molecule has 2 rings (SSSR count). The highest BCUT2D eigenvalue weighted by atomic mass is 32.2. The van der Waals surface area contributed by atoms with Gasteiger partial charge in [-0.25, -0.2) is 26.5 Å². The minimum atomic E-state index is -4.51. The van der Waals surface area contributed by atoms with Crippen LogP contribution in [0.5, 0.6) is 0 Å². The number of nitrogens with zero attached hydrogens (tertiary/aromatic N) is 3. The van der Waals surface area contributed by atoms with Crippen molar-refractivity contribution in [1.82, 2.24) is 14.7 Å². The van der Waals surface area contributed by atoms with Gasteiger partial charge in [-0.15, -0.1) is 0 Å². The van der Waals surface area contributed by atoms with E-state index in [4.69, 9.17) is 5.26 Å². The summed E-state index contributed by atoms with van der Waals surface area (Å²) in [6.07, 6.45) is -2.49. The second-order valence-electron chi connectivity index (χ2n) is 6.21. The quantitative estimate of drug-likeness (QED) is 0.485. The van der Waals surface area contributed by atoms with Gasteiger partial charge in [0.1, 0.15) is 33.8 Å². The zero-order valence-electron chi connectivity index (χ0n) is 15.9. The minimum absolute atomic E-state index is 0.120. The van der Waals surface area contributed by atoms with Crippen molar-refractivity contribution in [3.8, 4) is 6.07 Å². The lowest BCUT2D eigenvalue weighted by molar-refractivity contribution is -0.115. The van der Waals surface area contributed by atoms with E-state index in [0.29, 0.717) is 5.69 Å². The molecule has 168 valence electrons. The summed E-state index contributed by atoms with van der Waals surface area (Å²) in [6.45, 7) is -1.68. The average Bonchev–Trinajstić information content (AvgIpc) is 2.65. The van der Waals surface area contributed by atoms with Gasteiger partial charge in [-0.2, -0.15) is 23.4 Å². The van der Waals surface area contributed by atoms with Crippen molar-refractivity contribution in [2.75, 3.05) is 35.7 Å². The fourth-order valence-electron chi connectivity index (χ4n) is 2.13. The van der Waals surface area contributed by atoms with Crippen molar-refractivity contribution < 1.29 is 30.0 Å². The van der Waals surface area contributed by atoms with E-state index in [9.17, 15) is 30.0 Å². The second kappa shape index (κ2) is 9.45. The van der Waals surface area contributed by atoms with Gasteiger partial charge in [-0.05, 0) is 24.3 Å². The molecular weight excluding hydrogens is 461 g/mol. The maximum atomic E-state index is 12.4. The van der Waals surface area contributed by atoms with Crippen LogP contribution in [0.1, 0.15) is 5.56 Å². The van der Waals surface area contributed by atoms with Gasteiger partial charge in [0, 0.05) is 18.5 Å². The maximum absolute atomic E-state index is 12.4. The maximum Gasteiger partial charge on any atom is 0.405 e. The summed E-state index contributed by atoms with van der Waals surface area (Å²) in [5.74, 6) is -0.788. The Labute approximate surface area is 176 Å². The van der Waals surface area contributed by atoms with E-state index in [-0.39, 0.29) is 34.5 Å². The highest BCUT2D eigenvalue weighted by molar-refractivity contribution is 7.91. The smallest absolute Gasteiger partial charge is 0.360 e. The van der Waals surface area contributed by atoms with Crippen molar-refractivity contribution in [3.63, 3.8) is 0 Å². The molecule has 0 spiro atoms. The SMILES string of the molecule is CS(=O)(=O)CCNS(=O)(=O)c1ccc(Nc2ncc(C#N)c(NCC(F)(F)F)n2)cc1. The van der Waals surface area contributed by atoms with Gasteiger partial charge in [0.05, 0.1) is 16.8 Å². The lowest BCUT2D eigenvalue weighted by Crippen LogP contribution is -2.28. The number of anilines is 3. The third-order valence-electron chi connectivity index (χ3n) is 3.55. The molecule has 0 saturated carbocycles. The lowest BCUT2D eigenvalue weighted by Gasteiger charge is -2.12. The molecule has 1 aromatic carbocycles. The van der Waals surface area contributed by atoms with E-state index in [2.05, 4.69) is 20.0 Å². The van der Waals surface area contributed by atoms with E-state index in [1.54, 1.807) is 6.07 Å². The predicted octanol–water partition coefficient (Wildman–Crippen LogP) is 1.39. The van der Waals surface area contributed by atoms with Crippen LogP contribution in [0.4, 0.5) is 30.6 Å². The molecule has 0 aliphatic heterocycles. The molecule has 3 N–H and O–H groups in total. The highest BCUT2D eigenvalue weighted by Crippen LogP contribution is 2.21. The minimum Gasteiger partial charge on any atom is -0.360 e. The summed E-state index contributed by atoms with van der Waals surface area (Å²) < 4.78 is 85.9. The molecule has 0 amide bonds. The molecule has 0 atom stereocenters. The van der Waals surface area contributed by atoms with Crippen molar-refractivity contribution in [1.29, 1.82) is 5.26 Å². The number of hydrogen-bond acceptors (Lipinski definition) is 9. The van der Waals surface area contributed by atoms with Crippen LogP contribution in [0.2, 0.25) is 0 Å². The number of alkyl halides is 3. The molecule has 15 heteroatoms. The third-order valence-corrected chi connectivity index (χ3v) is 5.97. The Morgan fingerprint density at radius 3 is 2.32 bits per heavy atom. The van der Waals surface area contributed by atoms with Crippen LogP contribution in [0.3, 0.4) is 0 Å². The molecule has 31 heavy (non-hydrogen) atoms. The summed E-state index contributed by atoms with van der Waals surface area (Å²) in [5.41, 5.74) is 0.137. The Bertz CT molecular complexity index is 1180. The molecule has 0 aliphatic carbocycles. The molecule has 0 unspecified atom stereocenters. The Morgan fingerprint density at radius 2 is 1.77 bits per heavy atom. The lowest BCUT2D eigenvalue weighted by atomic mass is 10.3. The van der Waals surface area contributed by atoms with Gasteiger partial charge >= 0.3 is 6.18 Å². The van der Waals surface area contributed by atoms with Gasteiger partial charge < -0.3 is 10.6 Å². The van der Waals surface area contributed by atoms with Crippen LogP contribution < -0.4 is 15.4 Å². The zero-order chi connectivity index (χ0) is 23.3. The number of hydrogen-bond donors (Lipinski definition) is 3. The topological polar surface area (TPSA) is 154 Å². The monoisotopic (exact) mass is 478 g/mol. The van der Waals surface area contributed by atoms with Crippen LogP contribution in [0.15, 0.2) is 35.4 Å². The number of aromatic nitrogens is 2. The Hall–Kier alpha value is -2.96. The highest BCUT2D eigenvalue weighted by Gasteiger charge is 2.27. The molecule has 0 radical (unpaired) electrons. The van der Waals surface area contributed by atoms with Gasteiger partial charge in [0.25, 0.3) is 0 Å². The Kier molecular flexibility index (Phi) is 7.41. The second-order valence-corrected chi connectivity index (χ2v) is 10.2. The van der Waals surface area contributed by atoms with Gasteiger partial charge in [0.15, 0.2) is 0 Å². The molecule has 0 bridgehead atoms. The fraction of sp³-hybridized carbons (Fsp3) is 0.312. The zero-order valence-corrected chi connectivity index (χ0v) is 17.6. The van der Waals surface area contributed by atoms with Gasteiger partial charge in [0.2, 0.25) is 16.0 Å². The summed E-state index contributed by atoms with van der Waals surface area (Å²) in [4.78, 5) is 7.54. The fourth-order valence-corrected chi connectivity index (χ4v) is 3.77. The first kappa shape index (κ1) is 24.3. The van der Waals surface area contributed by atoms with E-state index in [1.165, 1.54) is 24.3 Å². The number of nitriles is 1. The van der Waals surface area contributed by atoms with Crippen LogP contribution in [-0.4, -0.2) is 58.1 Å². The molecule has 0 fully saturated rings. The van der Waals surface area contributed by atoms with Crippen LogP contribution >= 0.6 is 0 Å². The molecular formula is C16H17F3N6O4S2. The molecule has 0 aliphatic rings. The molecule has 2 aromatic rings. The van der Waals surface area contributed by atoms with Crippen molar-refractivity contribution >= 4 is 37.3 Å². The van der Waals surface area contributed by atoms with Crippen molar-refractivity contribution in [2.24, 2.45) is 0 Å². The first-order valence-corrected chi connectivity index (χ1v) is 12.0. The molecule has 0 saturated heterocycles. The summed E-state index contributed by atoms with van der Waals surface area (Å²) in [7, 11) is -7.27. The van der Waals surface area contributed by atoms with Crippen LogP contribution in [0.25, 0.3) is 0 Å². The third kappa shape index (κ3) is 8.00. The van der Waals surface area contributed by atoms with Gasteiger partial charge in [-0.1, -0.05) is 0 Å². The predicted molar refractivity (Wildman–Crippen MR) is 106 cm³/mol. The number of halogens is 3. The van der Waals surface area contributed by atoms with Crippen molar-refractivity contribution in [3.05, 3.63) is 36.0 Å². The number of sulfonamides is 1. The number of rotatable bonds is 9. The van der Waals surface area contributed by atoms with Crippen molar-refractivity contribution in [2.45, 2.75) is 11.1 Å². The normalized spacial score (nSPS) is 12.2. The molecule has 10 nitrogen and oxygen atoms in total. The van der Waals surface area contributed by atoms with E-state index < -0.39 is 32.6 Å². The summed E-state index contributed by atoms with van der Waals surface area (Å²) in [5, 5.41) is 13.7. The molecule has 1 aromatic heterocycles. The Balaban J connectivity index is 2.11. The standard InChI is InChI=1S/C16H17F3N6O4S2/c1-30(26,27)7-6-23-31(28,29)13-4-2-12(3-5-13)24-15-21-9-11(8-20)14(25-15)22-10-16(17,18)19/h2-5,9,23H,6-7,10H2,1H3,(H2,21,22,24,25). The van der Waals surface area contributed by atoms with E-state index in [0.717, 1.165) is 12.5 Å². The first-order valence-electron chi connectivity index (χ1n) is 8.41. The first-order chi connectivity index (χ1) is 14.3. The van der Waals surface area contributed by atoms with Crippen LogP contribution in [0, 0.1) is 11.3 Å². The Morgan fingerprint density at radius 1 is 1.13 bits per heavy atom. The van der Waals surface area contributed by atoms with E-state index in [1.807, 2.05) is 5.32 Å². The number of benzene rings is 1. The van der Waals surface area contributed by atoms with Gasteiger partial charge in [-0.3, -0.25) is 0 Å². The molecule has 1 heterocycles. The summed E-state index contributed by atoms with van der Waals surface area (Å²) >= 11 is 0. The number of sulfone groups is 1.